The zero-order valence-electron chi connectivity index (χ0n) is 11.4. The maximum absolute atomic E-state index is 6.20. The summed E-state index contributed by atoms with van der Waals surface area (Å²) in [4.78, 5) is 0. The first kappa shape index (κ1) is 14.9. The summed E-state index contributed by atoms with van der Waals surface area (Å²) in [6.45, 7) is 0. The third-order valence-electron chi connectivity index (χ3n) is 3.57. The molecule has 20 heavy (non-hydrogen) atoms. The smallest absolute Gasteiger partial charge is 0.127 e. The molecule has 2 N–H and O–H groups in total. The van der Waals surface area contributed by atoms with Crippen LogP contribution in [0.2, 0.25) is 0 Å². The van der Waals surface area contributed by atoms with Crippen LogP contribution >= 0.6 is 12.4 Å². The van der Waals surface area contributed by atoms with Crippen LogP contribution in [-0.4, -0.2) is 0 Å². The number of halogens is 1. The summed E-state index contributed by atoms with van der Waals surface area (Å²) >= 11 is 0. The Balaban J connectivity index is 0.00000147. The monoisotopic (exact) mass is 289 g/mol. The average molecular weight is 290 g/mol. The van der Waals surface area contributed by atoms with E-state index in [1.807, 2.05) is 42.5 Å². The fourth-order valence-electron chi connectivity index (χ4n) is 2.26. The van der Waals surface area contributed by atoms with Gasteiger partial charge in [0.25, 0.3) is 0 Å². The van der Waals surface area contributed by atoms with Crippen LogP contribution in [0.4, 0.5) is 0 Å². The Morgan fingerprint density at radius 3 is 2.15 bits per heavy atom. The lowest BCUT2D eigenvalue weighted by Crippen LogP contribution is -2.10. The van der Waals surface area contributed by atoms with Crippen molar-refractivity contribution in [2.45, 2.75) is 25.3 Å². The summed E-state index contributed by atoms with van der Waals surface area (Å²) in [6.07, 6.45) is 3.81. The quantitative estimate of drug-likeness (QED) is 0.866. The van der Waals surface area contributed by atoms with E-state index < -0.39 is 0 Å². The van der Waals surface area contributed by atoms with Crippen LogP contribution in [-0.2, 0) is 0 Å². The summed E-state index contributed by atoms with van der Waals surface area (Å²) in [5.74, 6) is 2.57. The highest BCUT2D eigenvalue weighted by atomic mass is 35.5. The van der Waals surface area contributed by atoms with E-state index in [1.165, 1.54) is 18.4 Å². The average Bonchev–Trinajstić information content (AvgIpc) is 3.25. The summed E-state index contributed by atoms with van der Waals surface area (Å²) in [7, 11) is 0. The zero-order chi connectivity index (χ0) is 13.1. The molecule has 0 unspecified atom stereocenters. The van der Waals surface area contributed by atoms with Gasteiger partial charge in [0.1, 0.15) is 11.5 Å². The lowest BCUT2D eigenvalue weighted by molar-refractivity contribution is 0.482. The van der Waals surface area contributed by atoms with Gasteiger partial charge in [0.2, 0.25) is 0 Å². The molecule has 1 saturated carbocycles. The van der Waals surface area contributed by atoms with Gasteiger partial charge in [-0.3, -0.25) is 0 Å². The molecular weight excluding hydrogens is 270 g/mol. The first-order valence-electron chi connectivity index (χ1n) is 6.90. The van der Waals surface area contributed by atoms with Gasteiger partial charge in [0, 0.05) is 6.04 Å². The molecule has 2 nitrogen and oxygen atoms in total. The number of hydrogen-bond donors (Lipinski definition) is 1. The van der Waals surface area contributed by atoms with Crippen molar-refractivity contribution in [2.75, 3.05) is 0 Å². The van der Waals surface area contributed by atoms with Crippen LogP contribution in [0, 0.1) is 5.92 Å². The first-order valence-corrected chi connectivity index (χ1v) is 6.90. The molecule has 0 heterocycles. The van der Waals surface area contributed by atoms with Gasteiger partial charge in [0.15, 0.2) is 0 Å². The van der Waals surface area contributed by atoms with Crippen molar-refractivity contribution in [2.24, 2.45) is 11.7 Å². The Hall–Kier alpha value is -1.51. The predicted molar refractivity (Wildman–Crippen MR) is 84.5 cm³/mol. The molecule has 0 bridgehead atoms. The molecule has 0 amide bonds. The molecule has 3 rings (SSSR count). The molecule has 0 radical (unpaired) electrons. The number of nitrogens with two attached hydrogens (primary N) is 1. The highest BCUT2D eigenvalue weighted by Gasteiger charge is 2.24. The van der Waals surface area contributed by atoms with Crippen molar-refractivity contribution in [1.82, 2.24) is 0 Å². The van der Waals surface area contributed by atoms with Gasteiger partial charge in [0.05, 0.1) is 0 Å². The van der Waals surface area contributed by atoms with Crippen LogP contribution in [0.25, 0.3) is 0 Å². The summed E-state index contributed by atoms with van der Waals surface area (Å²) in [5.41, 5.74) is 7.40. The molecule has 1 aliphatic rings. The van der Waals surface area contributed by atoms with E-state index in [-0.39, 0.29) is 18.4 Å². The van der Waals surface area contributed by atoms with E-state index in [2.05, 4.69) is 12.1 Å². The second-order valence-corrected chi connectivity index (χ2v) is 5.27. The van der Waals surface area contributed by atoms with Gasteiger partial charge < -0.3 is 10.5 Å². The fraction of sp³-hybridized carbons (Fsp3) is 0.294. The molecular formula is C17H20ClNO. The Labute approximate surface area is 126 Å². The van der Waals surface area contributed by atoms with Gasteiger partial charge >= 0.3 is 0 Å². The molecule has 0 aliphatic heterocycles. The molecule has 0 aromatic heterocycles. The van der Waals surface area contributed by atoms with E-state index in [9.17, 15) is 0 Å². The molecule has 2 aromatic carbocycles. The standard InChI is InChI=1S/C17H19NO.ClH/c18-17(12-13-6-7-13)14-8-10-16(11-9-14)19-15-4-2-1-3-5-15;/h1-5,8-11,13,17H,6-7,12,18H2;1H/t17-;/m0./s1. The largest absolute Gasteiger partial charge is 0.457 e. The molecule has 0 spiro atoms. The maximum Gasteiger partial charge on any atom is 0.127 e. The van der Waals surface area contributed by atoms with Gasteiger partial charge in [-0.2, -0.15) is 0 Å². The molecule has 0 saturated heterocycles. The number of para-hydroxylation sites is 1. The molecule has 1 atom stereocenters. The van der Waals surface area contributed by atoms with E-state index in [0.717, 1.165) is 23.8 Å². The third-order valence-corrected chi connectivity index (χ3v) is 3.57. The number of hydrogen-bond acceptors (Lipinski definition) is 2. The van der Waals surface area contributed by atoms with Crippen LogP contribution in [0.3, 0.4) is 0 Å². The minimum absolute atomic E-state index is 0. The highest BCUT2D eigenvalue weighted by molar-refractivity contribution is 5.85. The Morgan fingerprint density at radius 1 is 0.950 bits per heavy atom. The molecule has 3 heteroatoms. The van der Waals surface area contributed by atoms with Gasteiger partial charge in [-0.15, -0.1) is 12.4 Å². The second-order valence-electron chi connectivity index (χ2n) is 5.27. The van der Waals surface area contributed by atoms with E-state index >= 15 is 0 Å². The van der Waals surface area contributed by atoms with Crippen molar-refractivity contribution < 1.29 is 4.74 Å². The van der Waals surface area contributed by atoms with Gasteiger partial charge in [-0.05, 0) is 42.2 Å². The van der Waals surface area contributed by atoms with E-state index in [0.29, 0.717) is 0 Å². The zero-order valence-corrected chi connectivity index (χ0v) is 12.2. The topological polar surface area (TPSA) is 35.2 Å². The molecule has 2 aromatic rings. The second kappa shape index (κ2) is 6.78. The minimum atomic E-state index is 0. The lowest BCUT2D eigenvalue weighted by Gasteiger charge is -2.12. The minimum Gasteiger partial charge on any atom is -0.457 e. The Morgan fingerprint density at radius 2 is 1.55 bits per heavy atom. The van der Waals surface area contributed by atoms with E-state index in [4.69, 9.17) is 10.5 Å². The van der Waals surface area contributed by atoms with Crippen LogP contribution in [0.1, 0.15) is 30.9 Å². The summed E-state index contributed by atoms with van der Waals surface area (Å²) in [5, 5.41) is 0. The normalized spacial score (nSPS) is 15.2. The fourth-order valence-corrected chi connectivity index (χ4v) is 2.26. The number of benzene rings is 2. The van der Waals surface area contributed by atoms with Gasteiger partial charge in [-0.1, -0.05) is 43.2 Å². The predicted octanol–water partition coefficient (Wildman–Crippen LogP) is 4.70. The van der Waals surface area contributed by atoms with Crippen LogP contribution < -0.4 is 10.5 Å². The van der Waals surface area contributed by atoms with Crippen molar-refractivity contribution in [3.05, 3.63) is 60.2 Å². The number of rotatable bonds is 5. The maximum atomic E-state index is 6.20. The van der Waals surface area contributed by atoms with Crippen molar-refractivity contribution in [1.29, 1.82) is 0 Å². The van der Waals surface area contributed by atoms with Crippen LogP contribution in [0.5, 0.6) is 11.5 Å². The summed E-state index contributed by atoms with van der Waals surface area (Å²) < 4.78 is 5.77. The Kier molecular flexibility index (Phi) is 5.05. The number of ether oxygens (including phenoxy) is 1. The SMILES string of the molecule is Cl.N[C@@H](CC1CC1)c1ccc(Oc2ccccc2)cc1. The Bertz CT molecular complexity index is 522. The van der Waals surface area contributed by atoms with E-state index in [1.54, 1.807) is 0 Å². The van der Waals surface area contributed by atoms with Crippen LogP contribution in [0.15, 0.2) is 54.6 Å². The first-order chi connectivity index (χ1) is 9.31. The summed E-state index contributed by atoms with van der Waals surface area (Å²) in [6, 6.07) is 18.1. The molecule has 1 aliphatic carbocycles. The third kappa shape index (κ3) is 3.99. The van der Waals surface area contributed by atoms with Crippen molar-refractivity contribution in [3.63, 3.8) is 0 Å². The van der Waals surface area contributed by atoms with Gasteiger partial charge in [-0.25, -0.2) is 0 Å². The lowest BCUT2D eigenvalue weighted by atomic mass is 10.0. The molecule has 1 fully saturated rings. The van der Waals surface area contributed by atoms with Crippen molar-refractivity contribution >= 4 is 12.4 Å². The highest BCUT2D eigenvalue weighted by Crippen LogP contribution is 2.37. The van der Waals surface area contributed by atoms with Crippen molar-refractivity contribution in [3.8, 4) is 11.5 Å². The molecule has 106 valence electrons.